The van der Waals surface area contributed by atoms with Gasteiger partial charge in [-0.05, 0) is 48.2 Å². The van der Waals surface area contributed by atoms with Crippen LogP contribution in [-0.2, 0) is 4.74 Å². The Morgan fingerprint density at radius 1 is 0.759 bits per heavy atom. The highest BCUT2D eigenvalue weighted by Gasteiger charge is 2.37. The quantitative estimate of drug-likeness (QED) is 0.789. The Hall–Kier alpha value is -1.95. The summed E-state index contributed by atoms with van der Waals surface area (Å²) >= 11 is 0. The molecule has 3 aliphatic rings. The Balaban J connectivity index is 1.12. The van der Waals surface area contributed by atoms with Crippen molar-refractivity contribution in [2.24, 2.45) is 0 Å². The summed E-state index contributed by atoms with van der Waals surface area (Å²) in [6.45, 7) is 8.68. The van der Waals surface area contributed by atoms with E-state index < -0.39 is 0 Å². The van der Waals surface area contributed by atoms with Crippen LogP contribution in [0, 0.1) is 5.82 Å². The van der Waals surface area contributed by atoms with Crippen molar-refractivity contribution in [1.82, 2.24) is 9.80 Å². The number of hydrogen-bond donors (Lipinski definition) is 0. The second-order valence-electron chi connectivity index (χ2n) is 8.53. The monoisotopic (exact) mass is 395 g/mol. The highest BCUT2D eigenvalue weighted by atomic mass is 19.1. The topological polar surface area (TPSA) is 19.0 Å². The molecule has 2 aromatic carbocycles. The van der Waals surface area contributed by atoms with E-state index in [0.717, 1.165) is 62.6 Å². The number of nitrogens with zero attached hydrogens (tertiary/aromatic N) is 3. The van der Waals surface area contributed by atoms with Crippen LogP contribution in [0.25, 0.3) is 11.1 Å². The molecule has 3 saturated heterocycles. The van der Waals surface area contributed by atoms with E-state index in [1.165, 1.54) is 37.7 Å². The summed E-state index contributed by atoms with van der Waals surface area (Å²) in [7, 11) is 0. The van der Waals surface area contributed by atoms with E-state index in [9.17, 15) is 4.39 Å². The SMILES string of the molecule is Fc1cccc(-c2ccc(N3CCC(N4CC(N5CCOCC5)C4)CC3)cc2)c1. The average Bonchev–Trinajstić information content (AvgIpc) is 2.74. The lowest BCUT2D eigenvalue weighted by Gasteiger charge is -2.51. The molecule has 0 unspecified atom stereocenters. The number of benzene rings is 2. The molecule has 0 saturated carbocycles. The molecule has 29 heavy (non-hydrogen) atoms. The molecule has 0 radical (unpaired) electrons. The number of likely N-dealkylation sites (tertiary alicyclic amines) is 1. The number of ether oxygens (including phenoxy) is 1. The first kappa shape index (κ1) is 19.0. The molecule has 3 heterocycles. The van der Waals surface area contributed by atoms with Gasteiger partial charge in [0, 0.05) is 57.0 Å². The zero-order valence-electron chi connectivity index (χ0n) is 17.0. The molecule has 0 spiro atoms. The van der Waals surface area contributed by atoms with E-state index in [2.05, 4.69) is 39.0 Å². The summed E-state index contributed by atoms with van der Waals surface area (Å²) in [6.07, 6.45) is 2.48. The number of anilines is 1. The van der Waals surface area contributed by atoms with Gasteiger partial charge in [-0.3, -0.25) is 9.80 Å². The van der Waals surface area contributed by atoms with Gasteiger partial charge in [0.15, 0.2) is 0 Å². The van der Waals surface area contributed by atoms with Crippen LogP contribution in [0.3, 0.4) is 0 Å². The molecule has 3 aliphatic heterocycles. The highest BCUT2D eigenvalue weighted by molar-refractivity contribution is 5.66. The molecule has 0 aromatic heterocycles. The van der Waals surface area contributed by atoms with Gasteiger partial charge >= 0.3 is 0 Å². The van der Waals surface area contributed by atoms with Crippen LogP contribution in [0.5, 0.6) is 0 Å². The molecule has 2 aromatic rings. The molecule has 154 valence electrons. The second kappa shape index (κ2) is 8.42. The van der Waals surface area contributed by atoms with E-state index in [1.54, 1.807) is 12.1 Å². The fourth-order valence-corrected chi connectivity index (χ4v) is 4.98. The Morgan fingerprint density at radius 3 is 2.17 bits per heavy atom. The van der Waals surface area contributed by atoms with Crippen LogP contribution in [0.4, 0.5) is 10.1 Å². The van der Waals surface area contributed by atoms with Crippen molar-refractivity contribution in [2.75, 3.05) is 57.4 Å². The number of halogens is 1. The number of morpholine rings is 1. The van der Waals surface area contributed by atoms with E-state index >= 15 is 0 Å². The molecule has 0 aliphatic carbocycles. The van der Waals surface area contributed by atoms with Crippen molar-refractivity contribution >= 4 is 5.69 Å². The van der Waals surface area contributed by atoms with Gasteiger partial charge in [0.1, 0.15) is 5.82 Å². The smallest absolute Gasteiger partial charge is 0.123 e. The average molecular weight is 396 g/mol. The van der Waals surface area contributed by atoms with Gasteiger partial charge in [0.05, 0.1) is 13.2 Å². The summed E-state index contributed by atoms with van der Waals surface area (Å²) in [5.41, 5.74) is 3.28. The minimum atomic E-state index is -0.185. The third kappa shape index (κ3) is 4.18. The van der Waals surface area contributed by atoms with Crippen LogP contribution in [0.15, 0.2) is 48.5 Å². The van der Waals surface area contributed by atoms with Crippen LogP contribution in [0.1, 0.15) is 12.8 Å². The van der Waals surface area contributed by atoms with Crippen molar-refractivity contribution in [3.63, 3.8) is 0 Å². The van der Waals surface area contributed by atoms with Gasteiger partial charge in [-0.25, -0.2) is 4.39 Å². The molecule has 0 atom stereocenters. The van der Waals surface area contributed by atoms with Gasteiger partial charge in [-0.15, -0.1) is 0 Å². The summed E-state index contributed by atoms with van der Waals surface area (Å²) in [6, 6.07) is 16.9. The number of hydrogen-bond acceptors (Lipinski definition) is 4. The van der Waals surface area contributed by atoms with E-state index in [-0.39, 0.29) is 5.82 Å². The Morgan fingerprint density at radius 2 is 1.48 bits per heavy atom. The maximum atomic E-state index is 13.5. The van der Waals surface area contributed by atoms with E-state index in [0.29, 0.717) is 0 Å². The zero-order valence-corrected chi connectivity index (χ0v) is 17.0. The van der Waals surface area contributed by atoms with E-state index in [1.807, 2.05) is 6.07 Å². The molecule has 0 bridgehead atoms. The molecular weight excluding hydrogens is 365 g/mol. The highest BCUT2D eigenvalue weighted by Crippen LogP contribution is 2.29. The van der Waals surface area contributed by atoms with Crippen LogP contribution in [0.2, 0.25) is 0 Å². The van der Waals surface area contributed by atoms with Crippen molar-refractivity contribution in [3.8, 4) is 11.1 Å². The van der Waals surface area contributed by atoms with Crippen LogP contribution < -0.4 is 4.90 Å². The molecule has 5 rings (SSSR count). The fourth-order valence-electron chi connectivity index (χ4n) is 4.98. The molecule has 0 amide bonds. The minimum Gasteiger partial charge on any atom is -0.379 e. The van der Waals surface area contributed by atoms with Crippen LogP contribution in [-0.4, -0.2) is 74.4 Å². The third-order valence-electron chi connectivity index (χ3n) is 6.82. The molecule has 4 nitrogen and oxygen atoms in total. The van der Waals surface area contributed by atoms with Gasteiger partial charge < -0.3 is 9.64 Å². The standard InChI is InChI=1S/C24H30FN3O/c25-21-3-1-2-20(16-21)19-4-6-22(7-5-19)26-10-8-23(9-11-26)28-17-24(18-28)27-12-14-29-15-13-27/h1-7,16,23-24H,8-15,17-18H2. The minimum absolute atomic E-state index is 0.185. The summed E-state index contributed by atoms with van der Waals surface area (Å²) < 4.78 is 18.9. The Labute approximate surface area is 172 Å². The molecular formula is C24H30FN3O. The van der Waals surface area contributed by atoms with Gasteiger partial charge in [-0.2, -0.15) is 0 Å². The fraction of sp³-hybridized carbons (Fsp3) is 0.500. The summed E-state index contributed by atoms with van der Waals surface area (Å²) in [4.78, 5) is 7.78. The summed E-state index contributed by atoms with van der Waals surface area (Å²) in [5, 5.41) is 0. The molecule has 5 heteroatoms. The second-order valence-corrected chi connectivity index (χ2v) is 8.53. The first-order valence-electron chi connectivity index (χ1n) is 10.9. The Bertz CT molecular complexity index is 807. The molecule has 0 N–H and O–H groups in total. The first-order valence-corrected chi connectivity index (χ1v) is 10.9. The van der Waals surface area contributed by atoms with Crippen molar-refractivity contribution in [3.05, 3.63) is 54.3 Å². The zero-order chi connectivity index (χ0) is 19.6. The largest absolute Gasteiger partial charge is 0.379 e. The Kier molecular flexibility index (Phi) is 5.53. The van der Waals surface area contributed by atoms with Crippen molar-refractivity contribution in [2.45, 2.75) is 24.9 Å². The molecule has 3 fully saturated rings. The first-order chi connectivity index (χ1) is 14.3. The van der Waals surface area contributed by atoms with Crippen molar-refractivity contribution < 1.29 is 9.13 Å². The number of rotatable bonds is 4. The van der Waals surface area contributed by atoms with Gasteiger partial charge in [0.2, 0.25) is 0 Å². The lowest BCUT2D eigenvalue weighted by molar-refractivity contribution is -0.0481. The van der Waals surface area contributed by atoms with E-state index in [4.69, 9.17) is 4.74 Å². The third-order valence-corrected chi connectivity index (χ3v) is 6.82. The summed E-state index contributed by atoms with van der Waals surface area (Å²) in [5.74, 6) is -0.185. The predicted molar refractivity (Wildman–Crippen MR) is 115 cm³/mol. The lowest BCUT2D eigenvalue weighted by Crippen LogP contribution is -2.64. The maximum Gasteiger partial charge on any atom is 0.123 e. The van der Waals surface area contributed by atoms with Gasteiger partial charge in [0.25, 0.3) is 0 Å². The lowest BCUT2D eigenvalue weighted by atomic mass is 9.96. The maximum absolute atomic E-state index is 13.5. The van der Waals surface area contributed by atoms with Crippen molar-refractivity contribution in [1.29, 1.82) is 0 Å². The predicted octanol–water partition coefficient (Wildman–Crippen LogP) is 3.48. The number of piperidine rings is 1. The normalized spacial score (nSPS) is 22.6. The van der Waals surface area contributed by atoms with Crippen LogP contribution >= 0.6 is 0 Å². The van der Waals surface area contributed by atoms with Gasteiger partial charge in [-0.1, -0.05) is 24.3 Å².